The number of benzene rings is 1. The summed E-state index contributed by atoms with van der Waals surface area (Å²) < 4.78 is 0. The lowest BCUT2D eigenvalue weighted by atomic mass is 9.51. The minimum absolute atomic E-state index is 0.0234. The molecule has 224 valence electrons. The maximum Gasteiger partial charge on any atom is 0.299 e. The number of nitrogens with one attached hydrogen (secondary N) is 2. The molecule has 10 nitrogen and oxygen atoms in total. The van der Waals surface area contributed by atoms with E-state index >= 15 is 0 Å². The summed E-state index contributed by atoms with van der Waals surface area (Å²) in [6.07, 6.45) is 12.9. The predicted octanol–water partition coefficient (Wildman–Crippen LogP) is 6.00. The van der Waals surface area contributed by atoms with Crippen LogP contribution in [0.15, 0.2) is 29.8 Å². The highest BCUT2D eigenvalue weighted by Crippen LogP contribution is 2.64. The van der Waals surface area contributed by atoms with Crippen molar-refractivity contribution in [2.75, 3.05) is 18.4 Å². The molecule has 10 heteroatoms. The molecule has 0 saturated heterocycles. The van der Waals surface area contributed by atoms with Crippen molar-refractivity contribution >= 4 is 23.0 Å². The first kappa shape index (κ1) is 29.5. The predicted molar refractivity (Wildman–Crippen MR) is 156 cm³/mol. The number of non-ortho nitro benzene ring substituents is 1. The number of carbonyl (C=O) groups excluding carboxylic acids is 1. The highest BCUT2D eigenvalue weighted by molar-refractivity contribution is 5.76. The first-order valence-electron chi connectivity index (χ1n) is 15.4. The molecule has 4 aliphatic carbocycles. The molecule has 41 heavy (non-hydrogen) atoms. The SMILES string of the molecule is C[C@H](CCC(=O)NCCNc1ccc([N+](=O)[O-])cc1[N+](=O)[O-])[C@H]1CC[C@H]2[C@@H]3CC=C4C[C@@H](O)CCC4[C@H]3CC[C@]12C. The van der Waals surface area contributed by atoms with E-state index in [9.17, 15) is 30.1 Å². The molecule has 8 atom stereocenters. The number of hydrogen-bond acceptors (Lipinski definition) is 7. The number of nitrogens with zero attached hydrogens (tertiary/aromatic N) is 2. The Morgan fingerprint density at radius 1 is 1.10 bits per heavy atom. The summed E-state index contributed by atoms with van der Waals surface area (Å²) in [6.45, 7) is 5.42. The van der Waals surface area contributed by atoms with Gasteiger partial charge in [-0.15, -0.1) is 0 Å². The van der Waals surface area contributed by atoms with Crippen LogP contribution in [0, 0.1) is 61.2 Å². The van der Waals surface area contributed by atoms with Gasteiger partial charge in [0, 0.05) is 25.6 Å². The van der Waals surface area contributed by atoms with Crippen molar-refractivity contribution < 1.29 is 19.7 Å². The van der Waals surface area contributed by atoms with Crippen LogP contribution in [0.25, 0.3) is 0 Å². The van der Waals surface area contributed by atoms with Crippen molar-refractivity contribution in [2.24, 2.45) is 40.9 Å². The molecule has 3 saturated carbocycles. The number of aliphatic hydroxyl groups is 1. The highest BCUT2D eigenvalue weighted by Gasteiger charge is 2.56. The van der Waals surface area contributed by atoms with Crippen molar-refractivity contribution in [1.82, 2.24) is 5.32 Å². The summed E-state index contributed by atoms with van der Waals surface area (Å²) >= 11 is 0. The summed E-state index contributed by atoms with van der Waals surface area (Å²) in [6, 6.07) is 3.48. The van der Waals surface area contributed by atoms with Gasteiger partial charge in [-0.2, -0.15) is 0 Å². The lowest BCUT2D eigenvalue weighted by molar-refractivity contribution is -0.393. The molecule has 4 aliphatic rings. The second-order valence-electron chi connectivity index (χ2n) is 13.2. The Labute approximate surface area is 241 Å². The summed E-state index contributed by atoms with van der Waals surface area (Å²) in [5.74, 6) is 4.05. The van der Waals surface area contributed by atoms with Gasteiger partial charge in [-0.05, 0) is 105 Å². The number of aliphatic hydroxyl groups excluding tert-OH is 1. The van der Waals surface area contributed by atoms with E-state index in [1.165, 1.54) is 49.8 Å². The van der Waals surface area contributed by atoms with Crippen LogP contribution in [-0.4, -0.2) is 40.1 Å². The maximum atomic E-state index is 12.6. The van der Waals surface area contributed by atoms with Crippen LogP contribution in [0.3, 0.4) is 0 Å². The van der Waals surface area contributed by atoms with Gasteiger partial charge in [0.2, 0.25) is 5.91 Å². The Morgan fingerprint density at radius 2 is 1.90 bits per heavy atom. The molecule has 0 aromatic heterocycles. The maximum absolute atomic E-state index is 12.6. The Kier molecular flexibility index (Phi) is 8.68. The van der Waals surface area contributed by atoms with Gasteiger partial charge < -0.3 is 15.7 Å². The molecular formula is C31H44N4O6. The fraction of sp³-hybridized carbons (Fsp3) is 0.710. The molecule has 1 aromatic carbocycles. The van der Waals surface area contributed by atoms with Gasteiger partial charge in [-0.3, -0.25) is 25.0 Å². The molecular weight excluding hydrogens is 524 g/mol. The second-order valence-corrected chi connectivity index (χ2v) is 13.2. The number of nitro groups is 2. The van der Waals surface area contributed by atoms with E-state index in [4.69, 9.17) is 0 Å². The molecule has 3 fully saturated rings. The highest BCUT2D eigenvalue weighted by atomic mass is 16.6. The third-order valence-corrected chi connectivity index (χ3v) is 11.2. The third kappa shape index (κ3) is 5.98. The fourth-order valence-electron chi connectivity index (χ4n) is 9.21. The largest absolute Gasteiger partial charge is 0.393 e. The molecule has 0 heterocycles. The molecule has 0 radical (unpaired) electrons. The molecule has 0 bridgehead atoms. The van der Waals surface area contributed by atoms with Crippen LogP contribution in [0.2, 0.25) is 0 Å². The Morgan fingerprint density at radius 3 is 2.66 bits per heavy atom. The summed E-state index contributed by atoms with van der Waals surface area (Å²) in [5.41, 5.74) is 1.35. The van der Waals surface area contributed by atoms with E-state index in [1.807, 2.05) is 0 Å². The van der Waals surface area contributed by atoms with Crippen molar-refractivity contribution in [2.45, 2.75) is 84.2 Å². The third-order valence-electron chi connectivity index (χ3n) is 11.2. The molecule has 1 aromatic rings. The summed E-state index contributed by atoms with van der Waals surface area (Å²) in [7, 11) is 0. The van der Waals surface area contributed by atoms with E-state index < -0.39 is 9.85 Å². The number of carbonyl (C=O) groups is 1. The van der Waals surface area contributed by atoms with E-state index in [0.717, 1.165) is 49.5 Å². The minimum Gasteiger partial charge on any atom is -0.393 e. The molecule has 1 amide bonds. The first-order valence-corrected chi connectivity index (χ1v) is 15.4. The number of nitro benzene ring substituents is 2. The smallest absolute Gasteiger partial charge is 0.299 e. The number of anilines is 1. The average Bonchev–Trinajstić information content (AvgIpc) is 3.30. The van der Waals surface area contributed by atoms with Crippen LogP contribution in [0.5, 0.6) is 0 Å². The topological polar surface area (TPSA) is 148 Å². The zero-order chi connectivity index (χ0) is 29.3. The van der Waals surface area contributed by atoms with Gasteiger partial charge in [0.15, 0.2) is 0 Å². The first-order chi connectivity index (χ1) is 19.6. The molecule has 1 unspecified atom stereocenters. The zero-order valence-electron chi connectivity index (χ0n) is 24.2. The van der Waals surface area contributed by atoms with Crippen molar-refractivity contribution in [3.8, 4) is 0 Å². The van der Waals surface area contributed by atoms with E-state index in [0.29, 0.717) is 36.1 Å². The van der Waals surface area contributed by atoms with Crippen LogP contribution < -0.4 is 10.6 Å². The Hall–Kier alpha value is -3.01. The quantitative estimate of drug-likeness (QED) is 0.136. The Bertz CT molecular complexity index is 1200. The standard InChI is InChI=1S/C31H44N4O6/c1-19(3-12-30(37)33-16-15-32-28-11-5-21(34(38)39)18-29(28)35(40)41)26-9-10-27-25-7-4-20-17-22(36)6-8-23(20)24(25)13-14-31(26,27)2/h4-5,11,18-19,22-27,32,36H,3,6-10,12-17H2,1-2H3,(H,33,37)/t19-,22+,23?,24-,25-,26-,27+,31-/m1/s1. The van der Waals surface area contributed by atoms with Gasteiger partial charge in [-0.1, -0.05) is 25.5 Å². The summed E-state index contributed by atoms with van der Waals surface area (Å²) in [5, 5.41) is 38.2. The molecule has 0 aliphatic heterocycles. The van der Waals surface area contributed by atoms with Crippen molar-refractivity contribution in [1.29, 1.82) is 0 Å². The van der Waals surface area contributed by atoms with E-state index in [-0.39, 0.29) is 35.6 Å². The number of amides is 1. The number of hydrogen-bond donors (Lipinski definition) is 3. The van der Waals surface area contributed by atoms with Crippen LogP contribution in [0.1, 0.15) is 78.1 Å². The van der Waals surface area contributed by atoms with Crippen LogP contribution in [0.4, 0.5) is 17.1 Å². The van der Waals surface area contributed by atoms with Crippen molar-refractivity contribution in [3.05, 3.63) is 50.1 Å². The van der Waals surface area contributed by atoms with Gasteiger partial charge in [0.1, 0.15) is 5.69 Å². The van der Waals surface area contributed by atoms with Gasteiger partial charge >= 0.3 is 0 Å². The fourth-order valence-corrected chi connectivity index (χ4v) is 9.21. The average molecular weight is 569 g/mol. The van der Waals surface area contributed by atoms with Gasteiger partial charge in [0.05, 0.1) is 22.0 Å². The van der Waals surface area contributed by atoms with E-state index in [2.05, 4.69) is 30.6 Å². The lowest BCUT2D eigenvalue weighted by Gasteiger charge is -2.54. The van der Waals surface area contributed by atoms with Gasteiger partial charge in [-0.25, -0.2) is 0 Å². The zero-order valence-corrected chi connectivity index (χ0v) is 24.2. The number of rotatable bonds is 10. The Balaban J connectivity index is 1.09. The molecule has 5 rings (SSSR count). The van der Waals surface area contributed by atoms with E-state index in [1.54, 1.807) is 0 Å². The summed E-state index contributed by atoms with van der Waals surface area (Å²) in [4.78, 5) is 33.5. The van der Waals surface area contributed by atoms with Gasteiger partial charge in [0.25, 0.3) is 11.4 Å². The monoisotopic (exact) mass is 568 g/mol. The minimum atomic E-state index is -0.666. The van der Waals surface area contributed by atoms with Crippen LogP contribution in [-0.2, 0) is 4.79 Å². The lowest BCUT2D eigenvalue weighted by Crippen LogP contribution is -2.47. The second kappa shape index (κ2) is 12.1. The van der Waals surface area contributed by atoms with Crippen LogP contribution >= 0.6 is 0 Å². The number of allylic oxidation sites excluding steroid dienone is 1. The molecule has 3 N–H and O–H groups in total. The molecule has 0 spiro atoms. The number of fused-ring (bicyclic) bond motifs is 5. The normalized spacial score (nSPS) is 33.0. The van der Waals surface area contributed by atoms with Crippen molar-refractivity contribution in [3.63, 3.8) is 0 Å².